The lowest BCUT2D eigenvalue weighted by molar-refractivity contribution is 0.00578. The van der Waals surface area contributed by atoms with E-state index in [-0.39, 0.29) is 0 Å². The van der Waals surface area contributed by atoms with Crippen molar-refractivity contribution >= 4 is 41.5 Å². The Morgan fingerprint density at radius 1 is 0.947 bits per heavy atom. The number of hydrogen-bond donors (Lipinski definition) is 0. The second-order valence-electron chi connectivity index (χ2n) is 9.98. The lowest BCUT2D eigenvalue weighted by Gasteiger charge is -2.32. The Morgan fingerprint density at radius 2 is 1.58 bits per heavy atom. The Balaban J connectivity index is 0.00000195. The number of pyridine rings is 1. The molecule has 0 amide bonds. The topological polar surface area (TPSA) is 43.7 Å². The van der Waals surface area contributed by atoms with Crippen LogP contribution in [0.4, 0.5) is 0 Å². The lowest BCUT2D eigenvalue weighted by Crippen LogP contribution is -2.41. The van der Waals surface area contributed by atoms with Gasteiger partial charge >= 0.3 is 7.12 Å². The van der Waals surface area contributed by atoms with E-state index in [1.165, 1.54) is 0 Å². The molecule has 0 bridgehead atoms. The average Bonchev–Trinajstić information content (AvgIpc) is 3.14. The highest BCUT2D eigenvalue weighted by molar-refractivity contribution is 6.62. The van der Waals surface area contributed by atoms with Crippen molar-refractivity contribution in [2.75, 3.05) is 0 Å². The molecule has 4 nitrogen and oxygen atoms in total. The van der Waals surface area contributed by atoms with Crippen LogP contribution in [0.5, 0.6) is 0 Å². The van der Waals surface area contributed by atoms with Gasteiger partial charge in [-0.15, -0.1) is 0 Å². The third-order valence-electron chi connectivity index (χ3n) is 7.06. The van der Waals surface area contributed by atoms with E-state index in [9.17, 15) is 0 Å². The van der Waals surface area contributed by atoms with Gasteiger partial charge in [-0.05, 0) is 51.7 Å². The first-order chi connectivity index (χ1) is 18.1. The Bertz CT molecular complexity index is 1480. The van der Waals surface area contributed by atoms with Crippen molar-refractivity contribution in [2.45, 2.75) is 59.7 Å². The lowest BCUT2D eigenvalue weighted by atomic mass is 9.78. The minimum Gasteiger partial charge on any atom is -0.399 e. The first kappa shape index (κ1) is 29.0. The number of benzene rings is 2. The zero-order chi connectivity index (χ0) is 28.1. The summed E-state index contributed by atoms with van der Waals surface area (Å²) in [5, 5.41) is 2.80. The molecule has 0 N–H and O–H groups in total. The zero-order valence-electron chi connectivity index (χ0n) is 23.8. The molecular formula is C33H39BN2O2. The number of allylic oxidation sites excluding steroid dienone is 4. The van der Waals surface area contributed by atoms with E-state index in [1.54, 1.807) is 18.3 Å². The number of aliphatic imine (C=N–C) groups is 1. The number of fused-ring (bicyclic) bond motifs is 1. The molecule has 2 heterocycles. The van der Waals surface area contributed by atoms with Crippen LogP contribution in [0.1, 0.15) is 54.0 Å². The smallest absolute Gasteiger partial charge is 0.399 e. The van der Waals surface area contributed by atoms with Crippen LogP contribution in [0.2, 0.25) is 0 Å². The van der Waals surface area contributed by atoms with E-state index in [0.29, 0.717) is 0 Å². The quantitative estimate of drug-likeness (QED) is 0.238. The molecule has 3 aromatic rings. The van der Waals surface area contributed by atoms with Crippen LogP contribution in [0, 0.1) is 0 Å². The monoisotopic (exact) mass is 506 g/mol. The number of nitrogens with zero attached hydrogens (tertiary/aromatic N) is 2. The van der Waals surface area contributed by atoms with Crippen LogP contribution in [-0.4, -0.2) is 29.0 Å². The summed E-state index contributed by atoms with van der Waals surface area (Å²) in [6.07, 6.45) is 7.21. The maximum absolute atomic E-state index is 6.24. The fraction of sp³-hybridized carbons (Fsp3) is 0.273. The number of hydrogen-bond acceptors (Lipinski definition) is 4. The molecule has 2 aromatic carbocycles. The third-order valence-corrected chi connectivity index (χ3v) is 7.06. The maximum Gasteiger partial charge on any atom is 0.494 e. The van der Waals surface area contributed by atoms with Crippen LogP contribution in [-0.2, 0) is 9.31 Å². The maximum atomic E-state index is 6.24. The van der Waals surface area contributed by atoms with Gasteiger partial charge in [0.15, 0.2) is 0 Å². The van der Waals surface area contributed by atoms with Crippen molar-refractivity contribution in [1.82, 2.24) is 4.98 Å². The van der Waals surface area contributed by atoms with Crippen molar-refractivity contribution in [3.63, 3.8) is 0 Å². The van der Waals surface area contributed by atoms with E-state index < -0.39 is 18.3 Å². The van der Waals surface area contributed by atoms with Gasteiger partial charge in [0.05, 0.1) is 22.4 Å². The largest absolute Gasteiger partial charge is 0.494 e. The van der Waals surface area contributed by atoms with Gasteiger partial charge in [-0.3, -0.25) is 9.98 Å². The summed E-state index contributed by atoms with van der Waals surface area (Å²) in [6.45, 7) is 26.3. The van der Waals surface area contributed by atoms with Gasteiger partial charge < -0.3 is 9.31 Å². The van der Waals surface area contributed by atoms with E-state index in [1.807, 2.05) is 51.1 Å². The number of aromatic nitrogens is 1. The van der Waals surface area contributed by atoms with Crippen LogP contribution in [0.3, 0.4) is 0 Å². The summed E-state index contributed by atoms with van der Waals surface area (Å²) in [5.41, 5.74) is 4.53. The van der Waals surface area contributed by atoms with Crippen molar-refractivity contribution in [3.8, 4) is 0 Å². The van der Waals surface area contributed by atoms with Crippen LogP contribution < -0.4 is 15.9 Å². The first-order valence-corrected chi connectivity index (χ1v) is 13.1. The third kappa shape index (κ3) is 5.80. The van der Waals surface area contributed by atoms with Crippen LogP contribution in [0.25, 0.3) is 23.2 Å². The molecule has 0 spiro atoms. The Hall–Kier alpha value is -3.54. The molecule has 0 atom stereocenters. The molecule has 196 valence electrons. The second kappa shape index (κ2) is 11.9. The Kier molecular flexibility index (Phi) is 9.08. The van der Waals surface area contributed by atoms with E-state index in [2.05, 4.69) is 76.7 Å². The standard InChI is InChI=1S/C31H33BN2O2.C2H6/c1-9-12-23(10-2)22(4)34-29(27-19-16-24-13-11-20-33-28(24)21(27)3)25-14-17-26(18-15-25)32-35-30(5,6)31(7,8)36-32;1-2/h9-20H,1-3H2,4-8H3;1-2H3/b23-12+,29-27-,34-22+;. The molecule has 1 aliphatic rings. The SMILES string of the molecule is C=C/C=C(C=C)/C(C)=N/C(c1ccc(B2OC(C)(C)C(C)(C)O2)cc1)=c1/ccc2cccnc2c1=C.CC. The molecule has 1 aliphatic heterocycles. The van der Waals surface area contributed by atoms with Gasteiger partial charge in [0.1, 0.15) is 0 Å². The van der Waals surface area contributed by atoms with Gasteiger partial charge in [0, 0.05) is 33.3 Å². The fourth-order valence-corrected chi connectivity index (χ4v) is 4.18. The summed E-state index contributed by atoms with van der Waals surface area (Å²) in [5.74, 6) is 0. The fourth-order valence-electron chi connectivity index (χ4n) is 4.18. The van der Waals surface area contributed by atoms with Crippen molar-refractivity contribution in [2.24, 2.45) is 4.99 Å². The Morgan fingerprint density at radius 3 is 2.16 bits per heavy atom. The van der Waals surface area contributed by atoms with Gasteiger partial charge in [0.2, 0.25) is 0 Å². The zero-order valence-corrected chi connectivity index (χ0v) is 23.8. The molecule has 0 saturated carbocycles. The predicted octanol–water partition coefficient (Wildman–Crippen LogP) is 5.89. The average molecular weight is 506 g/mol. The van der Waals surface area contributed by atoms with Crippen molar-refractivity contribution < 1.29 is 9.31 Å². The minimum atomic E-state index is -0.422. The summed E-state index contributed by atoms with van der Waals surface area (Å²) in [4.78, 5) is 9.64. The second-order valence-corrected chi connectivity index (χ2v) is 9.98. The van der Waals surface area contributed by atoms with E-state index in [0.717, 1.165) is 49.3 Å². The molecule has 1 aromatic heterocycles. The normalized spacial score (nSPS) is 17.5. The molecule has 38 heavy (non-hydrogen) atoms. The minimum absolute atomic E-state index is 0.394. The molecule has 0 unspecified atom stereocenters. The van der Waals surface area contributed by atoms with Gasteiger partial charge in [0.25, 0.3) is 0 Å². The van der Waals surface area contributed by atoms with Crippen LogP contribution >= 0.6 is 0 Å². The molecule has 1 fully saturated rings. The van der Waals surface area contributed by atoms with Gasteiger partial charge in [-0.2, -0.15) is 0 Å². The molecular weight excluding hydrogens is 467 g/mol. The highest BCUT2D eigenvalue weighted by Gasteiger charge is 2.51. The summed E-state index contributed by atoms with van der Waals surface area (Å²) >= 11 is 0. The van der Waals surface area contributed by atoms with Crippen LogP contribution in [0.15, 0.2) is 96.7 Å². The van der Waals surface area contributed by atoms with Crippen molar-refractivity contribution in [1.29, 1.82) is 0 Å². The van der Waals surface area contributed by atoms with E-state index >= 15 is 0 Å². The highest BCUT2D eigenvalue weighted by atomic mass is 16.7. The molecule has 0 radical (unpaired) electrons. The van der Waals surface area contributed by atoms with Crippen molar-refractivity contribution in [3.05, 3.63) is 108 Å². The summed E-state index contributed by atoms with van der Waals surface area (Å²) in [7, 11) is -0.422. The number of rotatable bonds is 6. The van der Waals surface area contributed by atoms with Gasteiger partial charge in [-0.25, -0.2) is 0 Å². The highest BCUT2D eigenvalue weighted by Crippen LogP contribution is 2.36. The molecule has 0 aliphatic carbocycles. The molecule has 4 rings (SSSR count). The molecule has 1 saturated heterocycles. The molecule has 5 heteroatoms. The predicted molar refractivity (Wildman–Crippen MR) is 164 cm³/mol. The first-order valence-electron chi connectivity index (χ1n) is 13.1. The Labute approximate surface area is 228 Å². The summed E-state index contributed by atoms with van der Waals surface area (Å²) in [6, 6.07) is 16.3. The van der Waals surface area contributed by atoms with Gasteiger partial charge in [-0.1, -0.05) is 94.3 Å². The summed E-state index contributed by atoms with van der Waals surface area (Å²) < 4.78 is 12.5. The van der Waals surface area contributed by atoms with E-state index in [4.69, 9.17) is 14.3 Å².